The third-order valence-corrected chi connectivity index (χ3v) is 4.15. The molecule has 3 N–H and O–H groups in total. The number of carbonyl (C=O) groups excluding carboxylic acids is 2. The normalized spacial score (nSPS) is 11.6. The molecule has 8 heteroatoms. The average molecular weight is 395 g/mol. The molecule has 0 spiro atoms. The maximum atomic E-state index is 13.9. The lowest BCUT2D eigenvalue weighted by Gasteiger charge is -2.16. The molecule has 2 aromatic rings. The number of ether oxygens (including phenoxy) is 1. The number of rotatable bonds is 7. The van der Waals surface area contributed by atoms with Gasteiger partial charge in [-0.05, 0) is 30.3 Å². The number of likely N-dealkylation sites (N-methyl/N-ethyl adjacent to an activating group) is 1. The van der Waals surface area contributed by atoms with Crippen molar-refractivity contribution in [2.75, 3.05) is 31.3 Å². The van der Waals surface area contributed by atoms with Crippen molar-refractivity contribution in [3.05, 3.63) is 52.8 Å². The summed E-state index contributed by atoms with van der Waals surface area (Å²) < 4.78 is 19.1. The van der Waals surface area contributed by atoms with E-state index in [-0.39, 0.29) is 24.9 Å². The fourth-order valence-electron chi connectivity index (χ4n) is 2.62. The topological polar surface area (TPSA) is 71.9 Å². The zero-order valence-corrected chi connectivity index (χ0v) is 16.1. The number of methoxy groups -OCH3 is 1. The minimum Gasteiger partial charge on any atom is -0.495 e. The molecule has 27 heavy (non-hydrogen) atoms. The summed E-state index contributed by atoms with van der Waals surface area (Å²) in [5, 5.41) is 5.74. The van der Waals surface area contributed by atoms with Gasteiger partial charge in [0.15, 0.2) is 6.54 Å². The summed E-state index contributed by atoms with van der Waals surface area (Å²) in [5.74, 6) is -0.430. The van der Waals surface area contributed by atoms with Crippen molar-refractivity contribution in [1.82, 2.24) is 0 Å². The minimum atomic E-state index is -0.396. The summed E-state index contributed by atoms with van der Waals surface area (Å²) >= 11 is 6.03. The number of halogens is 2. The highest BCUT2D eigenvalue weighted by Crippen LogP contribution is 2.27. The molecule has 0 radical (unpaired) electrons. The van der Waals surface area contributed by atoms with Crippen LogP contribution in [-0.2, 0) is 16.1 Å². The highest BCUT2D eigenvalue weighted by Gasteiger charge is 2.17. The van der Waals surface area contributed by atoms with E-state index in [4.69, 9.17) is 16.3 Å². The Morgan fingerprint density at radius 2 is 1.96 bits per heavy atom. The molecule has 1 atom stereocenters. The number of benzene rings is 2. The molecule has 0 bridgehead atoms. The van der Waals surface area contributed by atoms with Crippen LogP contribution in [0.25, 0.3) is 0 Å². The van der Waals surface area contributed by atoms with Crippen molar-refractivity contribution in [2.45, 2.75) is 13.5 Å². The van der Waals surface area contributed by atoms with Crippen LogP contribution in [0.1, 0.15) is 12.5 Å². The highest BCUT2D eigenvalue weighted by atomic mass is 35.5. The maximum absolute atomic E-state index is 13.9. The van der Waals surface area contributed by atoms with Gasteiger partial charge in [0.1, 0.15) is 18.1 Å². The molecule has 0 aliphatic heterocycles. The Morgan fingerprint density at radius 1 is 1.22 bits per heavy atom. The van der Waals surface area contributed by atoms with E-state index in [0.29, 0.717) is 27.7 Å². The SMILES string of the molecule is COc1ccc(NC(C)=O)cc1NC(=O)C[NH+](C)Cc1c(F)cccc1Cl. The quantitative estimate of drug-likeness (QED) is 0.673. The summed E-state index contributed by atoms with van der Waals surface area (Å²) in [4.78, 5) is 24.3. The number of amides is 2. The summed E-state index contributed by atoms with van der Waals surface area (Å²) in [6.07, 6.45) is 0. The van der Waals surface area contributed by atoms with E-state index < -0.39 is 5.82 Å². The summed E-state index contributed by atoms with van der Waals surface area (Å²) in [5.41, 5.74) is 1.35. The van der Waals surface area contributed by atoms with Gasteiger partial charge in [-0.1, -0.05) is 17.7 Å². The Kier molecular flexibility index (Phi) is 7.15. The highest BCUT2D eigenvalue weighted by molar-refractivity contribution is 6.31. The first kappa shape index (κ1) is 20.7. The lowest BCUT2D eigenvalue weighted by atomic mass is 10.2. The molecular formula is C19H22ClFN3O3+. The van der Waals surface area contributed by atoms with Crippen LogP contribution in [0.3, 0.4) is 0 Å². The van der Waals surface area contributed by atoms with Gasteiger partial charge in [-0.2, -0.15) is 0 Å². The average Bonchev–Trinajstić information content (AvgIpc) is 2.58. The van der Waals surface area contributed by atoms with E-state index in [2.05, 4.69) is 10.6 Å². The van der Waals surface area contributed by atoms with Gasteiger partial charge in [0.05, 0.1) is 30.4 Å². The third-order valence-electron chi connectivity index (χ3n) is 3.80. The first-order chi connectivity index (χ1) is 12.8. The van der Waals surface area contributed by atoms with Gasteiger partial charge in [0.25, 0.3) is 5.91 Å². The van der Waals surface area contributed by atoms with Gasteiger partial charge in [-0.15, -0.1) is 0 Å². The molecule has 2 amide bonds. The predicted molar refractivity (Wildman–Crippen MR) is 103 cm³/mol. The Labute approximate surface area is 162 Å². The molecule has 144 valence electrons. The number of carbonyl (C=O) groups is 2. The molecular weight excluding hydrogens is 373 g/mol. The van der Waals surface area contributed by atoms with E-state index in [9.17, 15) is 14.0 Å². The first-order valence-electron chi connectivity index (χ1n) is 8.29. The van der Waals surface area contributed by atoms with Crippen molar-refractivity contribution in [3.63, 3.8) is 0 Å². The van der Waals surface area contributed by atoms with Crippen LogP contribution >= 0.6 is 11.6 Å². The zero-order chi connectivity index (χ0) is 20.0. The molecule has 0 aliphatic carbocycles. The van der Waals surface area contributed by atoms with Crippen LogP contribution in [0.15, 0.2) is 36.4 Å². The van der Waals surface area contributed by atoms with Crippen LogP contribution in [0, 0.1) is 5.82 Å². The molecule has 0 fully saturated rings. The fraction of sp³-hybridized carbons (Fsp3) is 0.263. The zero-order valence-electron chi connectivity index (χ0n) is 15.4. The van der Waals surface area contributed by atoms with Gasteiger partial charge >= 0.3 is 0 Å². The molecule has 0 saturated carbocycles. The Morgan fingerprint density at radius 3 is 2.59 bits per heavy atom. The second kappa shape index (κ2) is 9.34. The van der Waals surface area contributed by atoms with Gasteiger partial charge in [-0.3, -0.25) is 9.59 Å². The minimum absolute atomic E-state index is 0.0954. The molecule has 2 rings (SSSR count). The van der Waals surface area contributed by atoms with Crippen molar-refractivity contribution >= 4 is 34.8 Å². The first-order valence-corrected chi connectivity index (χ1v) is 8.67. The largest absolute Gasteiger partial charge is 0.495 e. The van der Waals surface area contributed by atoms with Crippen LogP contribution in [0.4, 0.5) is 15.8 Å². The van der Waals surface area contributed by atoms with Crippen LogP contribution in [0.5, 0.6) is 5.75 Å². The number of hydrogen-bond donors (Lipinski definition) is 3. The van der Waals surface area contributed by atoms with Crippen molar-refractivity contribution in [1.29, 1.82) is 0 Å². The second-order valence-electron chi connectivity index (χ2n) is 6.16. The molecule has 0 aliphatic rings. The lowest BCUT2D eigenvalue weighted by molar-refractivity contribution is -0.885. The number of nitrogens with one attached hydrogen (secondary N) is 3. The molecule has 2 aromatic carbocycles. The molecule has 0 saturated heterocycles. The second-order valence-corrected chi connectivity index (χ2v) is 6.56. The summed E-state index contributed by atoms with van der Waals surface area (Å²) in [7, 11) is 3.26. The van der Waals surface area contributed by atoms with Crippen molar-refractivity contribution in [3.8, 4) is 5.75 Å². The van der Waals surface area contributed by atoms with E-state index in [0.717, 1.165) is 4.90 Å². The molecule has 1 unspecified atom stereocenters. The smallest absolute Gasteiger partial charge is 0.279 e. The number of quaternary nitrogens is 1. The van der Waals surface area contributed by atoms with E-state index in [1.807, 2.05) is 0 Å². The molecule has 6 nitrogen and oxygen atoms in total. The van der Waals surface area contributed by atoms with Crippen LogP contribution < -0.4 is 20.3 Å². The molecule has 0 heterocycles. The van der Waals surface area contributed by atoms with Crippen LogP contribution in [0.2, 0.25) is 5.02 Å². The van der Waals surface area contributed by atoms with Crippen LogP contribution in [-0.4, -0.2) is 32.5 Å². The standard InChI is InChI=1S/C19H21ClFN3O3/c1-12(25)22-13-7-8-18(27-3)17(9-13)23-19(26)11-24(2)10-14-15(20)5-4-6-16(14)21/h4-9H,10-11H2,1-3H3,(H,22,25)(H,23,26)/p+1. The number of anilines is 2. The monoisotopic (exact) mass is 394 g/mol. The van der Waals surface area contributed by atoms with E-state index in [1.54, 1.807) is 31.3 Å². The van der Waals surface area contributed by atoms with Gasteiger partial charge in [0, 0.05) is 12.6 Å². The lowest BCUT2D eigenvalue weighted by Crippen LogP contribution is -3.08. The Bertz CT molecular complexity index is 825. The fourth-order valence-corrected chi connectivity index (χ4v) is 2.85. The van der Waals surface area contributed by atoms with Crippen molar-refractivity contribution < 1.29 is 23.6 Å². The van der Waals surface area contributed by atoms with Gasteiger partial charge in [0.2, 0.25) is 5.91 Å². The summed E-state index contributed by atoms with van der Waals surface area (Å²) in [6.45, 7) is 1.76. The summed E-state index contributed by atoms with van der Waals surface area (Å²) in [6, 6.07) is 9.43. The van der Waals surface area contributed by atoms with E-state index in [1.165, 1.54) is 26.2 Å². The molecule has 0 aromatic heterocycles. The van der Waals surface area contributed by atoms with E-state index >= 15 is 0 Å². The Balaban J connectivity index is 2.05. The van der Waals surface area contributed by atoms with Gasteiger partial charge in [-0.25, -0.2) is 4.39 Å². The van der Waals surface area contributed by atoms with Gasteiger partial charge < -0.3 is 20.3 Å². The predicted octanol–water partition coefficient (Wildman–Crippen LogP) is 2.10. The Hall–Kier alpha value is -2.64. The third kappa shape index (κ3) is 5.94. The van der Waals surface area contributed by atoms with Crippen molar-refractivity contribution in [2.24, 2.45) is 0 Å². The maximum Gasteiger partial charge on any atom is 0.279 e. The number of hydrogen-bond acceptors (Lipinski definition) is 3.